The van der Waals surface area contributed by atoms with Crippen molar-refractivity contribution in [1.29, 1.82) is 5.41 Å². The Kier molecular flexibility index (Phi) is 9.36. The molecule has 0 spiro atoms. The Hall–Kier alpha value is -4.18. The first-order valence-electron chi connectivity index (χ1n) is 13.8. The van der Waals surface area contributed by atoms with Gasteiger partial charge in [-0.25, -0.2) is 19.2 Å². The lowest BCUT2D eigenvalue weighted by atomic mass is 10.1. The number of aromatic nitrogens is 3. The molecule has 1 saturated heterocycles. The first-order valence-corrected chi connectivity index (χ1v) is 14.1. The van der Waals surface area contributed by atoms with Gasteiger partial charge in [-0.1, -0.05) is 49.7 Å². The van der Waals surface area contributed by atoms with Crippen molar-refractivity contribution in [2.24, 2.45) is 10.9 Å². The number of rotatable bonds is 7. The fourth-order valence-electron chi connectivity index (χ4n) is 5.11. The zero-order valence-corrected chi connectivity index (χ0v) is 25.2. The number of nitrogens with one attached hydrogen (secondary N) is 1. The molecule has 3 aromatic rings. The van der Waals surface area contributed by atoms with Crippen molar-refractivity contribution in [3.05, 3.63) is 76.0 Å². The molecule has 0 radical (unpaired) electrons. The molecule has 2 aromatic heterocycles. The van der Waals surface area contributed by atoms with E-state index in [-0.39, 0.29) is 52.6 Å². The van der Waals surface area contributed by atoms with E-state index in [0.29, 0.717) is 29.9 Å². The molecule has 1 aliphatic heterocycles. The van der Waals surface area contributed by atoms with Crippen molar-refractivity contribution in [3.63, 3.8) is 0 Å². The van der Waals surface area contributed by atoms with Gasteiger partial charge in [0.05, 0.1) is 22.6 Å². The van der Waals surface area contributed by atoms with Crippen LogP contribution in [-0.2, 0) is 11.3 Å². The van der Waals surface area contributed by atoms with Crippen LogP contribution in [0.15, 0.2) is 64.4 Å². The van der Waals surface area contributed by atoms with Gasteiger partial charge in [0.25, 0.3) is 0 Å². The number of piperazine rings is 1. The van der Waals surface area contributed by atoms with Crippen LogP contribution < -0.4 is 10.6 Å². The standard InChI is InChI=1S/C31H35ClFN7O2/c1-7-26(41)40-20(5)16-38(17-21(40)6)29-23-14-24(32)27(22-10-8-9-11-25(22)33)36-30(23)39(31(42)37-29)15-19(4)12-13-35-28(34)18(2)3/h7-14,18,20-21,34H,1,15-17H2,2-6H3/b19-12-,34-28?,35-13?/t20-,21+. The summed E-state index contributed by atoms with van der Waals surface area (Å²) in [6.45, 7) is 14.1. The summed E-state index contributed by atoms with van der Waals surface area (Å²) in [6.07, 6.45) is 4.57. The summed E-state index contributed by atoms with van der Waals surface area (Å²) in [5.41, 5.74) is 0.973. The van der Waals surface area contributed by atoms with E-state index < -0.39 is 11.5 Å². The lowest BCUT2D eigenvalue weighted by Gasteiger charge is -2.44. The normalized spacial score (nSPS) is 17.9. The van der Waals surface area contributed by atoms with Gasteiger partial charge in [0.15, 0.2) is 0 Å². The van der Waals surface area contributed by atoms with Crippen LogP contribution in [0, 0.1) is 17.1 Å². The lowest BCUT2D eigenvalue weighted by Crippen LogP contribution is -2.58. The van der Waals surface area contributed by atoms with Crippen LogP contribution in [-0.4, -0.2) is 62.6 Å². The van der Waals surface area contributed by atoms with Gasteiger partial charge in [0, 0.05) is 42.9 Å². The fourth-order valence-corrected chi connectivity index (χ4v) is 5.36. The summed E-state index contributed by atoms with van der Waals surface area (Å²) >= 11 is 6.71. The number of allylic oxidation sites excluding steroid dienone is 2. The molecule has 0 saturated carbocycles. The van der Waals surface area contributed by atoms with Gasteiger partial charge < -0.3 is 9.80 Å². The number of benzene rings is 1. The second-order valence-electron chi connectivity index (χ2n) is 10.9. The number of anilines is 1. The van der Waals surface area contributed by atoms with E-state index in [0.717, 1.165) is 5.57 Å². The Bertz CT molecular complexity index is 1650. The smallest absolute Gasteiger partial charge is 0.351 e. The van der Waals surface area contributed by atoms with Crippen molar-refractivity contribution in [3.8, 4) is 11.3 Å². The lowest BCUT2D eigenvalue weighted by molar-refractivity contribution is -0.130. The molecule has 42 heavy (non-hydrogen) atoms. The largest absolute Gasteiger partial charge is 0.352 e. The number of aliphatic imine (C=N–C) groups is 1. The SMILES string of the molecule is C=CC(=O)N1[C@H](C)CN(c2nc(=O)n(C/C(C)=C\C=NC(=N)C(C)C)c3nc(-c4ccccc4F)c(Cl)cc23)C[C@@H]1C. The molecule has 3 heterocycles. The second kappa shape index (κ2) is 12.8. The third-order valence-electron chi connectivity index (χ3n) is 7.19. The van der Waals surface area contributed by atoms with E-state index in [9.17, 15) is 14.0 Å². The first kappa shape index (κ1) is 30.8. The molecule has 4 rings (SSSR count). The van der Waals surface area contributed by atoms with Crippen LogP contribution in [0.4, 0.5) is 10.2 Å². The zero-order chi connectivity index (χ0) is 30.7. The van der Waals surface area contributed by atoms with Crippen molar-refractivity contribution >= 4 is 46.4 Å². The number of amides is 1. The predicted octanol–water partition coefficient (Wildman–Crippen LogP) is 5.51. The van der Waals surface area contributed by atoms with Crippen molar-refractivity contribution < 1.29 is 9.18 Å². The van der Waals surface area contributed by atoms with E-state index in [1.54, 1.807) is 35.2 Å². The number of hydrogen-bond acceptors (Lipinski definition) is 6. The van der Waals surface area contributed by atoms with Crippen LogP contribution in [0.3, 0.4) is 0 Å². The molecule has 11 heteroatoms. The van der Waals surface area contributed by atoms with Crippen LogP contribution in [0.2, 0.25) is 5.02 Å². The number of fused-ring (bicyclic) bond motifs is 1. The molecule has 1 N–H and O–H groups in total. The minimum absolute atomic E-state index is 0.00814. The molecule has 220 valence electrons. The predicted molar refractivity (Wildman–Crippen MR) is 167 cm³/mol. The summed E-state index contributed by atoms with van der Waals surface area (Å²) in [5.74, 6) is -0.00165. The summed E-state index contributed by atoms with van der Waals surface area (Å²) < 4.78 is 16.3. The third-order valence-corrected chi connectivity index (χ3v) is 7.48. The number of carbonyl (C=O) groups is 1. The maximum atomic E-state index is 14.8. The molecule has 1 aromatic carbocycles. The van der Waals surface area contributed by atoms with Gasteiger partial charge in [-0.05, 0) is 51.1 Å². The Labute approximate surface area is 249 Å². The summed E-state index contributed by atoms with van der Waals surface area (Å²) in [4.78, 5) is 43.2. The number of amidine groups is 1. The van der Waals surface area contributed by atoms with Crippen LogP contribution >= 0.6 is 11.6 Å². The summed E-state index contributed by atoms with van der Waals surface area (Å²) in [6, 6.07) is 7.52. The molecule has 1 fully saturated rings. The van der Waals surface area contributed by atoms with E-state index in [2.05, 4.69) is 16.6 Å². The van der Waals surface area contributed by atoms with Gasteiger partial charge in [0.1, 0.15) is 23.1 Å². The summed E-state index contributed by atoms with van der Waals surface area (Å²) in [5, 5.41) is 8.66. The number of carbonyl (C=O) groups excluding carboxylic acids is 1. The maximum absolute atomic E-state index is 14.8. The monoisotopic (exact) mass is 591 g/mol. The number of hydrogen-bond donors (Lipinski definition) is 1. The average Bonchev–Trinajstić information content (AvgIpc) is 2.94. The van der Waals surface area contributed by atoms with Crippen molar-refractivity contribution in [2.45, 2.75) is 53.2 Å². The first-order chi connectivity index (χ1) is 19.9. The third kappa shape index (κ3) is 6.33. The molecule has 1 amide bonds. The highest BCUT2D eigenvalue weighted by Gasteiger charge is 2.33. The van der Waals surface area contributed by atoms with E-state index in [4.69, 9.17) is 22.0 Å². The highest BCUT2D eigenvalue weighted by atomic mass is 35.5. The number of nitrogens with zero attached hydrogens (tertiary/aromatic N) is 6. The van der Waals surface area contributed by atoms with Gasteiger partial charge in [-0.3, -0.25) is 14.8 Å². The Morgan fingerprint density at radius 3 is 2.52 bits per heavy atom. The molecule has 2 atom stereocenters. The molecule has 0 bridgehead atoms. The highest BCUT2D eigenvalue weighted by molar-refractivity contribution is 6.33. The second-order valence-corrected chi connectivity index (χ2v) is 11.3. The van der Waals surface area contributed by atoms with Crippen LogP contribution in [0.25, 0.3) is 22.3 Å². The Balaban J connectivity index is 1.86. The number of halogens is 2. The highest BCUT2D eigenvalue weighted by Crippen LogP contribution is 2.34. The Morgan fingerprint density at radius 1 is 1.24 bits per heavy atom. The molecular formula is C31H35ClFN7O2. The Morgan fingerprint density at radius 2 is 1.90 bits per heavy atom. The van der Waals surface area contributed by atoms with Crippen molar-refractivity contribution in [1.82, 2.24) is 19.4 Å². The van der Waals surface area contributed by atoms with Gasteiger partial charge in [-0.2, -0.15) is 4.98 Å². The topological polar surface area (TPSA) is 108 Å². The van der Waals surface area contributed by atoms with E-state index in [1.807, 2.05) is 39.5 Å². The van der Waals surface area contributed by atoms with Gasteiger partial charge in [-0.15, -0.1) is 0 Å². The van der Waals surface area contributed by atoms with Crippen LogP contribution in [0.5, 0.6) is 0 Å². The van der Waals surface area contributed by atoms with Gasteiger partial charge >= 0.3 is 5.69 Å². The molecule has 9 nitrogen and oxygen atoms in total. The van der Waals surface area contributed by atoms with Crippen LogP contribution in [0.1, 0.15) is 34.6 Å². The quantitative estimate of drug-likeness (QED) is 0.221. The van der Waals surface area contributed by atoms with E-state index in [1.165, 1.54) is 22.9 Å². The molecule has 0 unspecified atom stereocenters. The molecule has 0 aliphatic carbocycles. The minimum atomic E-state index is -0.531. The average molecular weight is 592 g/mol. The van der Waals surface area contributed by atoms with Gasteiger partial charge in [0.2, 0.25) is 5.91 Å². The maximum Gasteiger partial charge on any atom is 0.351 e. The minimum Gasteiger partial charge on any atom is -0.352 e. The zero-order valence-electron chi connectivity index (χ0n) is 24.4. The molecule has 1 aliphatic rings. The fraction of sp³-hybridized carbons (Fsp3) is 0.355. The van der Waals surface area contributed by atoms with Crippen molar-refractivity contribution in [2.75, 3.05) is 18.0 Å². The summed E-state index contributed by atoms with van der Waals surface area (Å²) in [7, 11) is 0. The van der Waals surface area contributed by atoms with E-state index >= 15 is 0 Å². The molecular weight excluding hydrogens is 557 g/mol. The number of pyridine rings is 1.